The summed E-state index contributed by atoms with van der Waals surface area (Å²) in [7, 11) is 4.69. The summed E-state index contributed by atoms with van der Waals surface area (Å²) < 4.78 is 15.3. The molecule has 1 amide bonds. The first-order chi connectivity index (χ1) is 10.2. The smallest absolute Gasteiger partial charge is 0.254 e. The Morgan fingerprint density at radius 2 is 1.86 bits per heavy atom. The Morgan fingerprint density at radius 3 is 2.43 bits per heavy atom. The third-order valence-corrected chi connectivity index (χ3v) is 3.06. The van der Waals surface area contributed by atoms with Gasteiger partial charge >= 0.3 is 0 Å². The molecule has 0 atom stereocenters. The van der Waals surface area contributed by atoms with Gasteiger partial charge in [-0.2, -0.15) is 0 Å². The van der Waals surface area contributed by atoms with E-state index < -0.39 is 0 Å². The lowest BCUT2D eigenvalue weighted by atomic mass is 10.1. The largest absolute Gasteiger partial charge is 0.493 e. The van der Waals surface area contributed by atoms with Gasteiger partial charge in [-0.15, -0.1) is 0 Å². The van der Waals surface area contributed by atoms with E-state index >= 15 is 0 Å². The Labute approximate surface area is 125 Å². The highest BCUT2D eigenvalue weighted by Gasteiger charge is 2.17. The van der Waals surface area contributed by atoms with Gasteiger partial charge in [0.1, 0.15) is 0 Å². The molecule has 0 aliphatic carbocycles. The summed E-state index contributed by atoms with van der Waals surface area (Å²) in [5, 5.41) is 9.10. The maximum atomic E-state index is 12.5. The van der Waals surface area contributed by atoms with Gasteiger partial charge in [0.2, 0.25) is 0 Å². The Hall–Kier alpha value is -1.79. The van der Waals surface area contributed by atoms with Crippen LogP contribution >= 0.6 is 0 Å². The van der Waals surface area contributed by atoms with Gasteiger partial charge in [-0.1, -0.05) is 0 Å². The molecule has 0 spiro atoms. The normalized spacial score (nSPS) is 10.3. The van der Waals surface area contributed by atoms with Crippen LogP contribution in [0.25, 0.3) is 0 Å². The standard InChI is InChI=1S/C15H23NO5/c1-19-10-4-7-16(8-9-17)15(18)12-5-6-13(20-2)14(11-12)21-3/h5-6,11,17H,4,7-10H2,1-3H3. The third kappa shape index (κ3) is 4.91. The van der Waals surface area contributed by atoms with E-state index in [1.54, 1.807) is 37.3 Å². The highest BCUT2D eigenvalue weighted by Crippen LogP contribution is 2.28. The number of nitrogens with zero attached hydrogens (tertiary/aromatic N) is 1. The lowest BCUT2D eigenvalue weighted by Gasteiger charge is -2.22. The van der Waals surface area contributed by atoms with E-state index in [0.717, 1.165) is 6.42 Å². The molecular weight excluding hydrogens is 274 g/mol. The Bertz CT molecular complexity index is 450. The van der Waals surface area contributed by atoms with Crippen LogP contribution in [0.2, 0.25) is 0 Å². The van der Waals surface area contributed by atoms with Crippen LogP contribution in [0.1, 0.15) is 16.8 Å². The minimum atomic E-state index is -0.152. The topological polar surface area (TPSA) is 68.2 Å². The van der Waals surface area contributed by atoms with Crippen molar-refractivity contribution in [3.05, 3.63) is 23.8 Å². The zero-order valence-electron chi connectivity index (χ0n) is 12.8. The molecule has 0 heterocycles. The summed E-state index contributed by atoms with van der Waals surface area (Å²) in [6.45, 7) is 1.31. The van der Waals surface area contributed by atoms with Crippen molar-refractivity contribution in [3.63, 3.8) is 0 Å². The van der Waals surface area contributed by atoms with Crippen LogP contribution in [-0.2, 0) is 4.74 Å². The van der Waals surface area contributed by atoms with E-state index in [-0.39, 0.29) is 19.1 Å². The van der Waals surface area contributed by atoms with E-state index in [2.05, 4.69) is 0 Å². The molecule has 0 unspecified atom stereocenters. The number of aliphatic hydroxyl groups is 1. The molecule has 0 aromatic heterocycles. The van der Waals surface area contributed by atoms with Gasteiger partial charge in [0.25, 0.3) is 5.91 Å². The summed E-state index contributed by atoms with van der Waals surface area (Å²) in [5.41, 5.74) is 0.499. The summed E-state index contributed by atoms with van der Waals surface area (Å²) in [6.07, 6.45) is 0.718. The molecule has 1 aromatic rings. The zero-order valence-corrected chi connectivity index (χ0v) is 12.8. The number of rotatable bonds is 9. The number of hydrogen-bond acceptors (Lipinski definition) is 5. The van der Waals surface area contributed by atoms with Gasteiger partial charge in [-0.05, 0) is 24.6 Å². The van der Waals surface area contributed by atoms with Crippen molar-refractivity contribution in [2.75, 3.05) is 47.6 Å². The second-order valence-corrected chi connectivity index (χ2v) is 4.43. The maximum Gasteiger partial charge on any atom is 0.254 e. The lowest BCUT2D eigenvalue weighted by Crippen LogP contribution is -2.34. The fourth-order valence-electron chi connectivity index (χ4n) is 1.99. The van der Waals surface area contributed by atoms with Crippen molar-refractivity contribution in [1.82, 2.24) is 4.90 Å². The molecule has 6 heteroatoms. The Balaban J connectivity index is 2.86. The molecule has 0 saturated carbocycles. The fourth-order valence-corrected chi connectivity index (χ4v) is 1.99. The lowest BCUT2D eigenvalue weighted by molar-refractivity contribution is 0.0701. The van der Waals surface area contributed by atoms with Crippen LogP contribution in [0.5, 0.6) is 11.5 Å². The minimum absolute atomic E-state index is 0.0774. The van der Waals surface area contributed by atoms with Crippen molar-refractivity contribution in [2.45, 2.75) is 6.42 Å². The van der Waals surface area contributed by atoms with Gasteiger partial charge in [-0.3, -0.25) is 4.79 Å². The van der Waals surface area contributed by atoms with Gasteiger partial charge < -0.3 is 24.2 Å². The maximum absolute atomic E-state index is 12.5. The number of methoxy groups -OCH3 is 3. The van der Waals surface area contributed by atoms with Crippen LogP contribution in [0.15, 0.2) is 18.2 Å². The number of carbonyl (C=O) groups excluding carboxylic acids is 1. The van der Waals surface area contributed by atoms with Crippen LogP contribution < -0.4 is 9.47 Å². The molecule has 1 N–H and O–H groups in total. The van der Waals surface area contributed by atoms with Crippen molar-refractivity contribution >= 4 is 5.91 Å². The highest BCUT2D eigenvalue weighted by atomic mass is 16.5. The summed E-state index contributed by atoms with van der Waals surface area (Å²) in [6, 6.07) is 5.02. The first-order valence-electron chi connectivity index (χ1n) is 6.79. The molecule has 0 aliphatic rings. The van der Waals surface area contributed by atoms with Crippen molar-refractivity contribution in [1.29, 1.82) is 0 Å². The predicted molar refractivity (Wildman–Crippen MR) is 79.0 cm³/mol. The summed E-state index contributed by atoms with van der Waals surface area (Å²) >= 11 is 0. The van der Waals surface area contributed by atoms with E-state index in [1.807, 2.05) is 0 Å². The Morgan fingerprint density at radius 1 is 1.14 bits per heavy atom. The molecule has 0 bridgehead atoms. The van der Waals surface area contributed by atoms with Crippen molar-refractivity contribution in [2.24, 2.45) is 0 Å². The summed E-state index contributed by atoms with van der Waals surface area (Å²) in [5.74, 6) is 0.924. The molecule has 0 saturated heterocycles. The quantitative estimate of drug-likeness (QED) is 0.693. The number of carbonyl (C=O) groups is 1. The van der Waals surface area contributed by atoms with E-state index in [1.165, 1.54) is 7.11 Å². The first-order valence-corrected chi connectivity index (χ1v) is 6.79. The summed E-state index contributed by atoms with van der Waals surface area (Å²) in [4.78, 5) is 14.1. The molecular formula is C15H23NO5. The molecule has 0 aliphatic heterocycles. The second kappa shape index (κ2) is 9.20. The number of ether oxygens (including phenoxy) is 3. The molecule has 1 rings (SSSR count). The number of benzene rings is 1. The van der Waals surface area contributed by atoms with Crippen LogP contribution in [-0.4, -0.2) is 63.5 Å². The SMILES string of the molecule is COCCCN(CCO)C(=O)c1ccc(OC)c(OC)c1. The minimum Gasteiger partial charge on any atom is -0.493 e. The van der Waals surface area contributed by atoms with Crippen molar-refractivity contribution in [3.8, 4) is 11.5 Å². The Kier molecular flexibility index (Phi) is 7.56. The zero-order chi connectivity index (χ0) is 15.7. The van der Waals surface area contributed by atoms with E-state index in [9.17, 15) is 4.79 Å². The molecule has 0 fully saturated rings. The number of hydrogen-bond donors (Lipinski definition) is 1. The number of aliphatic hydroxyl groups excluding tert-OH is 1. The predicted octanol–water partition coefficient (Wildman–Crippen LogP) is 1.17. The molecule has 118 valence electrons. The van der Waals surface area contributed by atoms with E-state index in [4.69, 9.17) is 19.3 Å². The van der Waals surface area contributed by atoms with E-state index in [0.29, 0.717) is 30.2 Å². The third-order valence-electron chi connectivity index (χ3n) is 3.06. The van der Waals surface area contributed by atoms with Crippen LogP contribution in [0.3, 0.4) is 0 Å². The molecule has 6 nitrogen and oxygen atoms in total. The van der Waals surface area contributed by atoms with Crippen LogP contribution in [0, 0.1) is 0 Å². The average Bonchev–Trinajstić information content (AvgIpc) is 2.52. The van der Waals surface area contributed by atoms with Gasteiger partial charge in [0.05, 0.1) is 20.8 Å². The average molecular weight is 297 g/mol. The first kappa shape index (κ1) is 17.3. The number of amides is 1. The van der Waals surface area contributed by atoms with Gasteiger partial charge in [0, 0.05) is 32.4 Å². The van der Waals surface area contributed by atoms with Crippen molar-refractivity contribution < 1.29 is 24.1 Å². The van der Waals surface area contributed by atoms with Crippen LogP contribution in [0.4, 0.5) is 0 Å². The monoisotopic (exact) mass is 297 g/mol. The molecule has 21 heavy (non-hydrogen) atoms. The highest BCUT2D eigenvalue weighted by molar-refractivity contribution is 5.95. The van der Waals surface area contributed by atoms with Gasteiger partial charge in [-0.25, -0.2) is 0 Å². The molecule has 1 aromatic carbocycles. The molecule has 0 radical (unpaired) electrons. The van der Waals surface area contributed by atoms with Gasteiger partial charge in [0.15, 0.2) is 11.5 Å². The second-order valence-electron chi connectivity index (χ2n) is 4.43. The fraction of sp³-hybridized carbons (Fsp3) is 0.533.